The molecule has 1 aliphatic heterocycles. The van der Waals surface area contributed by atoms with Crippen LogP contribution in [0, 0.1) is 5.92 Å². The Labute approximate surface area is 157 Å². The van der Waals surface area contributed by atoms with E-state index >= 15 is 0 Å². The predicted molar refractivity (Wildman–Crippen MR) is 107 cm³/mol. The zero-order valence-corrected chi connectivity index (χ0v) is 16.9. The molecule has 1 fully saturated rings. The molecule has 1 aromatic carbocycles. The monoisotopic (exact) mass is 381 g/mol. The average Bonchev–Trinajstić information content (AvgIpc) is 2.59. The van der Waals surface area contributed by atoms with E-state index in [9.17, 15) is 13.2 Å². The summed E-state index contributed by atoms with van der Waals surface area (Å²) in [6.07, 6.45) is 5.60. The van der Waals surface area contributed by atoms with Crippen molar-refractivity contribution in [1.82, 2.24) is 4.31 Å². The molecule has 1 aromatic rings. The zero-order valence-electron chi connectivity index (χ0n) is 16.1. The fourth-order valence-electron chi connectivity index (χ4n) is 3.03. The molecular weight excluding hydrogens is 350 g/mol. The summed E-state index contributed by atoms with van der Waals surface area (Å²) in [6.45, 7) is 6.42. The minimum Gasteiger partial charge on any atom is -0.372 e. The number of carbonyl (C=O) groups excluding carboxylic acids is 1. The van der Waals surface area contributed by atoms with Crippen LogP contribution in [-0.4, -0.2) is 51.1 Å². The minimum atomic E-state index is -3.40. The second kappa shape index (κ2) is 9.37. The molecule has 1 amide bonds. The van der Waals surface area contributed by atoms with Gasteiger partial charge in [0.25, 0.3) is 0 Å². The third-order valence-corrected chi connectivity index (χ3v) is 5.87. The number of benzene rings is 1. The summed E-state index contributed by atoms with van der Waals surface area (Å²) < 4.78 is 25.0. The highest BCUT2D eigenvalue weighted by atomic mass is 32.2. The van der Waals surface area contributed by atoms with Gasteiger partial charge in [-0.25, -0.2) is 8.42 Å². The molecule has 0 aliphatic carbocycles. The van der Waals surface area contributed by atoms with Crippen LogP contribution in [0.5, 0.6) is 0 Å². The third-order valence-electron chi connectivity index (χ3n) is 4.62. The summed E-state index contributed by atoms with van der Waals surface area (Å²) in [7, 11) is -3.40. The van der Waals surface area contributed by atoms with Crippen molar-refractivity contribution in [2.75, 3.05) is 42.7 Å². The van der Waals surface area contributed by atoms with E-state index in [0.717, 1.165) is 31.5 Å². The molecule has 1 saturated heterocycles. The Kier molecular flexibility index (Phi) is 7.46. The summed E-state index contributed by atoms with van der Waals surface area (Å²) in [6, 6.07) is 7.77. The molecule has 0 aromatic heterocycles. The van der Waals surface area contributed by atoms with E-state index in [-0.39, 0.29) is 12.5 Å². The van der Waals surface area contributed by atoms with Crippen molar-refractivity contribution in [3.63, 3.8) is 0 Å². The van der Waals surface area contributed by atoms with E-state index < -0.39 is 10.0 Å². The lowest BCUT2D eigenvalue weighted by atomic mass is 10.1. The van der Waals surface area contributed by atoms with Crippen molar-refractivity contribution in [3.05, 3.63) is 24.3 Å². The first-order valence-corrected chi connectivity index (χ1v) is 11.2. The highest BCUT2D eigenvalue weighted by Crippen LogP contribution is 2.21. The Hall–Kier alpha value is -1.60. The van der Waals surface area contributed by atoms with Crippen LogP contribution >= 0.6 is 0 Å². The molecule has 0 saturated carbocycles. The number of nitrogens with zero attached hydrogens (tertiary/aromatic N) is 2. The number of anilines is 2. The molecule has 1 N–H and O–H groups in total. The van der Waals surface area contributed by atoms with Crippen molar-refractivity contribution in [1.29, 1.82) is 0 Å². The van der Waals surface area contributed by atoms with Gasteiger partial charge in [-0.3, -0.25) is 4.79 Å². The Morgan fingerprint density at radius 3 is 2.31 bits per heavy atom. The molecule has 0 atom stereocenters. The molecule has 0 spiro atoms. The summed E-state index contributed by atoms with van der Waals surface area (Å²) >= 11 is 0. The number of nitrogens with one attached hydrogen (secondary N) is 1. The van der Waals surface area contributed by atoms with Gasteiger partial charge in [0.1, 0.15) is 0 Å². The summed E-state index contributed by atoms with van der Waals surface area (Å²) in [5.74, 6) is 0.0644. The van der Waals surface area contributed by atoms with Crippen LogP contribution in [0.25, 0.3) is 0 Å². The van der Waals surface area contributed by atoms with Gasteiger partial charge in [0.15, 0.2) is 0 Å². The number of hydrogen-bond donors (Lipinski definition) is 1. The molecule has 0 unspecified atom stereocenters. The van der Waals surface area contributed by atoms with Crippen LogP contribution in [0.1, 0.15) is 39.5 Å². The van der Waals surface area contributed by atoms with Gasteiger partial charge in [-0.15, -0.1) is 0 Å². The lowest BCUT2D eigenvalue weighted by Gasteiger charge is -2.28. The van der Waals surface area contributed by atoms with Crippen LogP contribution in [0.2, 0.25) is 0 Å². The number of carbonyl (C=O) groups is 1. The van der Waals surface area contributed by atoms with Gasteiger partial charge >= 0.3 is 0 Å². The summed E-state index contributed by atoms with van der Waals surface area (Å²) in [4.78, 5) is 14.6. The minimum absolute atomic E-state index is 0.153. The predicted octanol–water partition coefficient (Wildman–Crippen LogP) is 2.92. The summed E-state index contributed by atoms with van der Waals surface area (Å²) in [5.41, 5.74) is 1.85. The lowest BCUT2D eigenvalue weighted by Crippen LogP contribution is -2.38. The lowest BCUT2D eigenvalue weighted by molar-refractivity contribution is -0.116. The molecule has 26 heavy (non-hydrogen) atoms. The van der Waals surface area contributed by atoms with Crippen LogP contribution < -0.4 is 10.2 Å². The van der Waals surface area contributed by atoms with Crippen molar-refractivity contribution in [3.8, 4) is 0 Å². The van der Waals surface area contributed by atoms with Gasteiger partial charge in [0.2, 0.25) is 15.9 Å². The first kappa shape index (κ1) is 20.7. The molecule has 6 nitrogen and oxygen atoms in total. The van der Waals surface area contributed by atoms with E-state index in [4.69, 9.17) is 0 Å². The quantitative estimate of drug-likeness (QED) is 0.752. The molecule has 1 heterocycles. The van der Waals surface area contributed by atoms with Crippen molar-refractivity contribution < 1.29 is 13.2 Å². The number of sulfonamides is 1. The molecule has 0 radical (unpaired) electrons. The Morgan fingerprint density at radius 2 is 1.77 bits per heavy atom. The Bertz CT molecular complexity index is 680. The average molecular weight is 382 g/mol. The highest BCUT2D eigenvalue weighted by Gasteiger charge is 2.20. The van der Waals surface area contributed by atoms with Crippen molar-refractivity contribution >= 4 is 27.3 Å². The fourth-order valence-corrected chi connectivity index (χ4v) is 3.82. The van der Waals surface area contributed by atoms with Crippen LogP contribution in [-0.2, 0) is 14.8 Å². The topological polar surface area (TPSA) is 69.7 Å². The maximum absolute atomic E-state index is 12.3. The van der Waals surface area contributed by atoms with Crippen molar-refractivity contribution in [2.45, 2.75) is 39.5 Å². The second-order valence-electron chi connectivity index (χ2n) is 7.42. The summed E-state index contributed by atoms with van der Waals surface area (Å²) in [5, 5.41) is 2.80. The van der Waals surface area contributed by atoms with Gasteiger partial charge in [0.05, 0.1) is 12.8 Å². The molecule has 2 rings (SSSR count). The van der Waals surface area contributed by atoms with Gasteiger partial charge in [-0.05, 0) is 55.9 Å². The number of hydrogen-bond acceptors (Lipinski definition) is 4. The maximum atomic E-state index is 12.3. The second-order valence-corrected chi connectivity index (χ2v) is 9.40. The van der Waals surface area contributed by atoms with E-state index in [1.165, 1.54) is 23.6 Å². The van der Waals surface area contributed by atoms with E-state index in [1.807, 2.05) is 38.1 Å². The number of amides is 1. The largest absolute Gasteiger partial charge is 0.372 e. The smallest absolute Gasteiger partial charge is 0.239 e. The van der Waals surface area contributed by atoms with Gasteiger partial charge < -0.3 is 10.2 Å². The van der Waals surface area contributed by atoms with Gasteiger partial charge in [-0.2, -0.15) is 4.31 Å². The Balaban J connectivity index is 1.92. The molecular formula is C19H31N3O3S. The van der Waals surface area contributed by atoms with Crippen LogP contribution in [0.3, 0.4) is 0 Å². The standard InChI is InChI=1S/C19H31N3O3S/c1-16(2)11-14-22(26(3,24)25)15-19(23)20-17-7-9-18(10-8-17)21-12-5-4-6-13-21/h7-10,16H,4-6,11-15H2,1-3H3,(H,20,23). The first-order chi connectivity index (χ1) is 12.3. The maximum Gasteiger partial charge on any atom is 0.239 e. The molecule has 146 valence electrons. The first-order valence-electron chi connectivity index (χ1n) is 9.35. The fraction of sp³-hybridized carbons (Fsp3) is 0.632. The molecule has 1 aliphatic rings. The van der Waals surface area contributed by atoms with E-state index in [1.54, 1.807) is 0 Å². The zero-order chi connectivity index (χ0) is 19.2. The Morgan fingerprint density at radius 1 is 1.15 bits per heavy atom. The number of piperidine rings is 1. The van der Waals surface area contributed by atoms with Gasteiger partial charge in [0, 0.05) is 31.0 Å². The number of rotatable bonds is 8. The van der Waals surface area contributed by atoms with E-state index in [0.29, 0.717) is 18.2 Å². The SMILES string of the molecule is CC(C)CCN(CC(=O)Nc1ccc(N2CCCCC2)cc1)S(C)(=O)=O. The molecule has 0 bridgehead atoms. The highest BCUT2D eigenvalue weighted by molar-refractivity contribution is 7.88. The normalized spacial score (nSPS) is 15.5. The molecule has 7 heteroatoms. The van der Waals surface area contributed by atoms with Crippen LogP contribution in [0.15, 0.2) is 24.3 Å². The van der Waals surface area contributed by atoms with Crippen molar-refractivity contribution in [2.24, 2.45) is 5.92 Å². The van der Waals surface area contributed by atoms with Gasteiger partial charge in [-0.1, -0.05) is 13.8 Å². The third kappa shape index (κ3) is 6.61. The van der Waals surface area contributed by atoms with E-state index in [2.05, 4.69) is 10.2 Å². The van der Waals surface area contributed by atoms with Crippen LogP contribution in [0.4, 0.5) is 11.4 Å².